The van der Waals surface area contributed by atoms with E-state index in [-0.39, 0.29) is 0 Å². The van der Waals surface area contributed by atoms with Crippen molar-refractivity contribution < 1.29 is 18.6 Å². The standard InChI is InChI=1S/C20H21FN3O3/c1-2-23-5-7-25-19-9-13-17(11-15(19)23)27-18-12-16-20(10-14(18)22-13)26-8-6-24(16)4-3-21/h9-12H,2-8H2,1H3/q+1/i21+0. The molecule has 3 aliphatic heterocycles. The Morgan fingerprint density at radius 1 is 1.07 bits per heavy atom. The predicted octanol–water partition coefficient (Wildman–Crippen LogP) is 1.82. The van der Waals surface area contributed by atoms with Gasteiger partial charge >= 0.3 is 0 Å². The summed E-state index contributed by atoms with van der Waals surface area (Å²) in [7, 11) is 0. The van der Waals surface area contributed by atoms with Gasteiger partial charge in [-0.25, -0.2) is 14.0 Å². The SMILES string of the molecule is CCN1CCOc2cc3c(cc21)Oc1cc2c(cc1=N3)OCC[N+]=2CC[19F]. The van der Waals surface area contributed by atoms with E-state index in [0.29, 0.717) is 43.2 Å². The van der Waals surface area contributed by atoms with Crippen molar-refractivity contribution in [2.75, 3.05) is 51.0 Å². The Labute approximate surface area is 156 Å². The fourth-order valence-corrected chi connectivity index (χ4v) is 3.82. The molecule has 0 unspecified atom stereocenters. The van der Waals surface area contributed by atoms with Gasteiger partial charge in [0.2, 0.25) is 5.36 Å². The van der Waals surface area contributed by atoms with Crippen LogP contribution >= 0.6 is 0 Å². The van der Waals surface area contributed by atoms with E-state index in [1.54, 1.807) is 0 Å². The lowest BCUT2D eigenvalue weighted by Crippen LogP contribution is -2.41. The minimum atomic E-state index is -0.399. The van der Waals surface area contributed by atoms with Crippen LogP contribution in [0.2, 0.25) is 0 Å². The normalized spacial score (nSPS) is 16.7. The van der Waals surface area contributed by atoms with Crippen molar-refractivity contribution >= 4 is 11.4 Å². The maximum Gasteiger partial charge on any atom is 0.246 e. The Morgan fingerprint density at radius 3 is 2.81 bits per heavy atom. The quantitative estimate of drug-likeness (QED) is 0.660. The number of halogens is 1. The second-order valence-electron chi connectivity index (χ2n) is 6.74. The van der Waals surface area contributed by atoms with Crippen molar-refractivity contribution in [3.63, 3.8) is 0 Å². The van der Waals surface area contributed by atoms with Crippen LogP contribution in [0.15, 0.2) is 29.3 Å². The zero-order valence-corrected chi connectivity index (χ0v) is 15.2. The second kappa shape index (κ2) is 6.40. The summed E-state index contributed by atoms with van der Waals surface area (Å²) in [6.45, 7) is 5.72. The molecule has 0 bridgehead atoms. The summed E-state index contributed by atoms with van der Waals surface area (Å²) in [6, 6.07) is 7.70. The molecule has 2 aromatic carbocycles. The van der Waals surface area contributed by atoms with Gasteiger partial charge in [0.1, 0.15) is 36.7 Å². The summed E-state index contributed by atoms with van der Waals surface area (Å²) in [5.74, 6) is 2.92. The zero-order chi connectivity index (χ0) is 18.4. The molecule has 0 atom stereocenters. The number of hydrogen-bond donors (Lipinski definition) is 0. The molecular formula is C20H21FN3O3+. The minimum absolute atomic E-state index is 0.346. The number of alkyl halides is 1. The highest BCUT2D eigenvalue weighted by Crippen LogP contribution is 2.44. The number of nitrogens with zero attached hydrogens (tertiary/aromatic N) is 3. The van der Waals surface area contributed by atoms with Gasteiger partial charge in [-0.1, -0.05) is 0 Å². The molecule has 3 aliphatic rings. The molecule has 0 aliphatic carbocycles. The van der Waals surface area contributed by atoms with Gasteiger partial charge in [-0.2, -0.15) is 0 Å². The third kappa shape index (κ3) is 2.69. The fraction of sp³-hybridized carbons (Fsp3) is 0.400. The van der Waals surface area contributed by atoms with Crippen LogP contribution in [0.3, 0.4) is 0 Å². The van der Waals surface area contributed by atoms with Gasteiger partial charge in [0, 0.05) is 24.7 Å². The van der Waals surface area contributed by atoms with Crippen molar-refractivity contribution in [2.45, 2.75) is 6.92 Å². The number of anilines is 1. The molecule has 0 saturated heterocycles. The summed E-state index contributed by atoms with van der Waals surface area (Å²) < 4.78 is 32.6. The van der Waals surface area contributed by atoms with Gasteiger partial charge in [-0.05, 0) is 6.92 Å². The molecule has 0 amide bonds. The third-order valence-corrected chi connectivity index (χ3v) is 5.20. The molecule has 0 aromatic heterocycles. The lowest BCUT2D eigenvalue weighted by Gasteiger charge is -2.31. The van der Waals surface area contributed by atoms with Gasteiger partial charge in [-0.3, -0.25) is 0 Å². The molecule has 7 heteroatoms. The Hall–Kier alpha value is -2.83. The van der Waals surface area contributed by atoms with Crippen LogP contribution in [0.25, 0.3) is 0 Å². The Bertz CT molecular complexity index is 1040. The van der Waals surface area contributed by atoms with Crippen LogP contribution in [-0.4, -0.2) is 46.1 Å². The molecule has 0 radical (unpaired) electrons. The summed E-state index contributed by atoms with van der Waals surface area (Å²) in [6.07, 6.45) is 0. The summed E-state index contributed by atoms with van der Waals surface area (Å²) in [4.78, 5) is 7.02. The number of likely N-dealkylation sites (N-methyl/N-ethyl adjacent to an activating group) is 1. The molecule has 27 heavy (non-hydrogen) atoms. The lowest BCUT2D eigenvalue weighted by atomic mass is 10.1. The highest BCUT2D eigenvalue weighted by atomic mass is 19.1. The summed E-state index contributed by atoms with van der Waals surface area (Å²) in [5, 5.41) is 1.57. The predicted molar refractivity (Wildman–Crippen MR) is 99.2 cm³/mol. The van der Waals surface area contributed by atoms with Crippen LogP contribution < -0.4 is 34.4 Å². The van der Waals surface area contributed by atoms with E-state index < -0.39 is 6.67 Å². The van der Waals surface area contributed by atoms with Crippen molar-refractivity contribution in [3.8, 4) is 23.0 Å². The van der Waals surface area contributed by atoms with Crippen molar-refractivity contribution in [3.05, 3.63) is 35.0 Å². The molecular weight excluding hydrogens is 349 g/mol. The molecule has 0 N–H and O–H groups in total. The fourth-order valence-electron chi connectivity index (χ4n) is 3.82. The lowest BCUT2D eigenvalue weighted by molar-refractivity contribution is 0.264. The molecule has 2 aromatic rings. The van der Waals surface area contributed by atoms with E-state index in [4.69, 9.17) is 19.2 Å². The van der Waals surface area contributed by atoms with Gasteiger partial charge in [0.05, 0.1) is 18.3 Å². The van der Waals surface area contributed by atoms with E-state index in [2.05, 4.69) is 11.8 Å². The van der Waals surface area contributed by atoms with E-state index in [0.717, 1.165) is 41.3 Å². The largest absolute Gasteiger partial charge is 0.489 e. The molecule has 0 spiro atoms. The monoisotopic (exact) mass is 370 g/mol. The van der Waals surface area contributed by atoms with Crippen LogP contribution in [-0.2, 0) is 0 Å². The average Bonchev–Trinajstić information content (AvgIpc) is 2.69. The summed E-state index contributed by atoms with van der Waals surface area (Å²) >= 11 is 0. The molecule has 0 saturated carbocycles. The van der Waals surface area contributed by atoms with E-state index in [1.807, 2.05) is 28.8 Å². The van der Waals surface area contributed by atoms with Crippen LogP contribution in [0, 0.1) is 0 Å². The van der Waals surface area contributed by atoms with E-state index in [9.17, 15) is 4.39 Å². The first-order valence-corrected chi connectivity index (χ1v) is 9.34. The summed E-state index contributed by atoms with van der Waals surface area (Å²) in [5.41, 5.74) is 1.78. The first kappa shape index (κ1) is 16.4. The molecule has 0 fully saturated rings. The minimum Gasteiger partial charge on any atom is -0.489 e. The van der Waals surface area contributed by atoms with Gasteiger partial charge in [0.25, 0.3) is 0 Å². The average molecular weight is 370 g/mol. The first-order valence-electron chi connectivity index (χ1n) is 9.34. The highest BCUT2D eigenvalue weighted by molar-refractivity contribution is 5.72. The Balaban J connectivity index is 1.65. The molecule has 5 rings (SSSR count). The zero-order valence-electron chi connectivity index (χ0n) is 15.2. The number of hydrogen-bond acceptors (Lipinski definition) is 5. The van der Waals surface area contributed by atoms with Crippen LogP contribution in [0.4, 0.5) is 15.8 Å². The van der Waals surface area contributed by atoms with Gasteiger partial charge in [-0.15, -0.1) is 0 Å². The third-order valence-electron chi connectivity index (χ3n) is 5.20. The highest BCUT2D eigenvalue weighted by Gasteiger charge is 2.25. The molecule has 3 heterocycles. The number of ether oxygens (including phenoxy) is 3. The molecule has 6 nitrogen and oxygen atoms in total. The Kier molecular flexibility index (Phi) is 3.88. The van der Waals surface area contributed by atoms with Gasteiger partial charge in [0.15, 0.2) is 30.3 Å². The van der Waals surface area contributed by atoms with E-state index in [1.165, 1.54) is 0 Å². The topological polar surface area (TPSA) is 46.3 Å². The number of benzene rings is 2. The van der Waals surface area contributed by atoms with Crippen molar-refractivity contribution in [1.29, 1.82) is 0 Å². The van der Waals surface area contributed by atoms with Crippen LogP contribution in [0.1, 0.15) is 6.92 Å². The molecule has 140 valence electrons. The van der Waals surface area contributed by atoms with Crippen molar-refractivity contribution in [1.82, 2.24) is 4.58 Å². The van der Waals surface area contributed by atoms with Gasteiger partial charge < -0.3 is 19.1 Å². The Morgan fingerprint density at radius 2 is 1.96 bits per heavy atom. The van der Waals surface area contributed by atoms with Crippen LogP contribution in [0.5, 0.6) is 23.0 Å². The first-order chi connectivity index (χ1) is 13.3. The number of rotatable bonds is 3. The van der Waals surface area contributed by atoms with Crippen molar-refractivity contribution in [2.24, 2.45) is 4.99 Å². The maximum atomic E-state index is 12.9. The second-order valence-corrected chi connectivity index (χ2v) is 6.74. The van der Waals surface area contributed by atoms with E-state index >= 15 is 0 Å². The smallest absolute Gasteiger partial charge is 0.246 e. The number of fused-ring (bicyclic) bond motifs is 4. The maximum absolute atomic E-state index is 12.9.